The predicted molar refractivity (Wildman–Crippen MR) is 162 cm³/mol. The first-order valence-corrected chi connectivity index (χ1v) is 15.4. The van der Waals surface area contributed by atoms with E-state index in [1.807, 2.05) is 58.9 Å². The number of nitrogens with one attached hydrogen (secondary N) is 1. The van der Waals surface area contributed by atoms with Gasteiger partial charge in [0.15, 0.2) is 0 Å². The first-order valence-electron chi connectivity index (χ1n) is 13.9. The van der Waals surface area contributed by atoms with Crippen molar-refractivity contribution >= 4 is 27.5 Å². The Morgan fingerprint density at radius 1 is 0.929 bits per heavy atom. The van der Waals surface area contributed by atoms with Crippen molar-refractivity contribution in [1.29, 1.82) is 0 Å². The van der Waals surface area contributed by atoms with Gasteiger partial charge in [-0.1, -0.05) is 36.8 Å². The summed E-state index contributed by atoms with van der Waals surface area (Å²) < 4.78 is 48.1. The van der Waals surface area contributed by atoms with Gasteiger partial charge in [0.25, 0.3) is 10.0 Å². The molecule has 0 saturated heterocycles. The molecule has 0 fully saturated rings. The second-order valence-corrected chi connectivity index (χ2v) is 12.9. The Labute approximate surface area is 248 Å². The average molecular weight is 598 g/mol. The Kier molecular flexibility index (Phi) is 10.7. The van der Waals surface area contributed by atoms with Crippen molar-refractivity contribution in [2.24, 2.45) is 0 Å². The molecule has 10 heteroatoms. The van der Waals surface area contributed by atoms with Crippen LogP contribution in [0.5, 0.6) is 5.75 Å². The van der Waals surface area contributed by atoms with Crippen LogP contribution in [0.15, 0.2) is 77.7 Å². The normalized spacial score (nSPS) is 12.4. The lowest BCUT2D eigenvalue weighted by Crippen LogP contribution is -2.55. The molecule has 0 heterocycles. The van der Waals surface area contributed by atoms with Gasteiger partial charge >= 0.3 is 0 Å². The lowest BCUT2D eigenvalue weighted by atomic mass is 10.1. The number of halogens is 1. The average Bonchev–Trinajstić information content (AvgIpc) is 2.92. The number of benzene rings is 3. The molecule has 1 unspecified atom stereocenters. The number of ether oxygens (including phenoxy) is 1. The summed E-state index contributed by atoms with van der Waals surface area (Å²) in [6, 6.07) is 17.5. The van der Waals surface area contributed by atoms with E-state index in [0.29, 0.717) is 18.8 Å². The largest absolute Gasteiger partial charge is 0.494 e. The summed E-state index contributed by atoms with van der Waals surface area (Å²) in [4.78, 5) is 28.8. The van der Waals surface area contributed by atoms with Crippen LogP contribution in [0.1, 0.15) is 52.2 Å². The Morgan fingerprint density at radius 2 is 1.52 bits per heavy atom. The van der Waals surface area contributed by atoms with Crippen molar-refractivity contribution in [3.8, 4) is 5.75 Å². The van der Waals surface area contributed by atoms with Crippen molar-refractivity contribution in [1.82, 2.24) is 10.2 Å². The van der Waals surface area contributed by atoms with E-state index in [9.17, 15) is 22.4 Å². The summed E-state index contributed by atoms with van der Waals surface area (Å²) in [6.07, 6.45) is 0.307. The van der Waals surface area contributed by atoms with Gasteiger partial charge in [-0.3, -0.25) is 13.9 Å². The van der Waals surface area contributed by atoms with Crippen LogP contribution < -0.4 is 14.4 Å². The molecule has 0 aliphatic rings. The van der Waals surface area contributed by atoms with Crippen molar-refractivity contribution in [2.75, 3.05) is 17.5 Å². The molecule has 0 saturated carbocycles. The van der Waals surface area contributed by atoms with Gasteiger partial charge in [-0.05, 0) is 95.1 Å². The number of hydrogen-bond acceptors (Lipinski definition) is 5. The van der Waals surface area contributed by atoms with Gasteiger partial charge in [0.1, 0.15) is 24.2 Å². The van der Waals surface area contributed by atoms with Gasteiger partial charge in [-0.25, -0.2) is 12.8 Å². The quantitative estimate of drug-likeness (QED) is 0.300. The molecular formula is C32H40FN3O5S. The maximum absolute atomic E-state index is 14.1. The van der Waals surface area contributed by atoms with Crippen molar-refractivity contribution in [2.45, 2.75) is 71.0 Å². The molecule has 0 aliphatic heterocycles. The molecule has 8 nitrogen and oxygen atoms in total. The number of amides is 2. The van der Waals surface area contributed by atoms with E-state index in [4.69, 9.17) is 4.74 Å². The van der Waals surface area contributed by atoms with Crippen LogP contribution in [0, 0.1) is 12.7 Å². The molecule has 0 bridgehead atoms. The van der Waals surface area contributed by atoms with Crippen LogP contribution in [-0.4, -0.2) is 49.9 Å². The van der Waals surface area contributed by atoms with Crippen LogP contribution in [0.2, 0.25) is 0 Å². The third-order valence-electron chi connectivity index (χ3n) is 6.47. The first kappa shape index (κ1) is 32.6. The van der Waals surface area contributed by atoms with Gasteiger partial charge in [0.2, 0.25) is 11.8 Å². The summed E-state index contributed by atoms with van der Waals surface area (Å²) in [5.74, 6) is -0.964. The Balaban J connectivity index is 2.05. The minimum atomic E-state index is -4.28. The first-order chi connectivity index (χ1) is 19.7. The molecule has 1 atom stereocenters. The van der Waals surface area contributed by atoms with Crippen molar-refractivity contribution in [3.63, 3.8) is 0 Å². The van der Waals surface area contributed by atoms with Gasteiger partial charge < -0.3 is 15.0 Å². The highest BCUT2D eigenvalue weighted by molar-refractivity contribution is 7.92. The fourth-order valence-electron chi connectivity index (χ4n) is 4.40. The summed E-state index contributed by atoms with van der Waals surface area (Å²) in [5.41, 5.74) is 1.40. The molecule has 2 amide bonds. The van der Waals surface area contributed by atoms with Crippen LogP contribution >= 0.6 is 0 Å². The molecule has 3 aromatic rings. The second kappa shape index (κ2) is 13.8. The van der Waals surface area contributed by atoms with Crippen LogP contribution in [0.4, 0.5) is 10.1 Å². The minimum absolute atomic E-state index is 0.0642. The van der Waals surface area contributed by atoms with E-state index in [1.54, 1.807) is 6.92 Å². The zero-order chi connectivity index (χ0) is 31.1. The number of anilines is 1. The molecule has 3 rings (SSSR count). The van der Waals surface area contributed by atoms with Crippen molar-refractivity contribution < 1.29 is 27.1 Å². The third kappa shape index (κ3) is 8.55. The molecule has 42 heavy (non-hydrogen) atoms. The molecule has 226 valence electrons. The zero-order valence-corrected chi connectivity index (χ0v) is 25.9. The standard InChI is InChI=1S/C32H40FN3O5S/c1-7-29(31(38)34-32(4,5)6)35(21-24-11-9-23(3)10-12-24)30(37)22-36(26-15-13-25(33)14-16-26)42(39,40)28-19-17-27(18-20-28)41-8-2/h9-20,29H,7-8,21-22H2,1-6H3,(H,34,38). The minimum Gasteiger partial charge on any atom is -0.494 e. The number of sulfonamides is 1. The Hall–Kier alpha value is -3.92. The number of carbonyl (C=O) groups is 2. The maximum Gasteiger partial charge on any atom is 0.264 e. The highest BCUT2D eigenvalue weighted by Crippen LogP contribution is 2.26. The van der Waals surface area contributed by atoms with Crippen LogP contribution in [-0.2, 0) is 26.2 Å². The lowest BCUT2D eigenvalue weighted by molar-refractivity contribution is -0.141. The lowest BCUT2D eigenvalue weighted by Gasteiger charge is -2.34. The fourth-order valence-corrected chi connectivity index (χ4v) is 5.81. The fraction of sp³-hybridized carbons (Fsp3) is 0.375. The zero-order valence-electron chi connectivity index (χ0n) is 25.1. The van der Waals surface area contributed by atoms with Gasteiger partial charge in [-0.15, -0.1) is 0 Å². The molecule has 0 aromatic heterocycles. The molecule has 0 spiro atoms. The van der Waals surface area contributed by atoms with E-state index < -0.39 is 39.9 Å². The number of carbonyl (C=O) groups excluding carboxylic acids is 2. The highest BCUT2D eigenvalue weighted by Gasteiger charge is 2.34. The molecule has 0 radical (unpaired) electrons. The number of aryl methyl sites for hydroxylation is 1. The van der Waals surface area contributed by atoms with E-state index in [1.165, 1.54) is 41.3 Å². The monoisotopic (exact) mass is 597 g/mol. The maximum atomic E-state index is 14.1. The molecule has 3 aromatic carbocycles. The van der Waals surface area contributed by atoms with E-state index in [0.717, 1.165) is 27.6 Å². The highest BCUT2D eigenvalue weighted by atomic mass is 32.2. The summed E-state index contributed by atoms with van der Waals surface area (Å²) >= 11 is 0. The SMILES string of the molecule is CCOc1ccc(S(=O)(=O)N(CC(=O)N(Cc2ccc(C)cc2)C(CC)C(=O)NC(C)(C)C)c2ccc(F)cc2)cc1. The van der Waals surface area contributed by atoms with Gasteiger partial charge in [0.05, 0.1) is 17.2 Å². The van der Waals surface area contributed by atoms with Crippen LogP contribution in [0.3, 0.4) is 0 Å². The topological polar surface area (TPSA) is 96.0 Å². The van der Waals surface area contributed by atoms with Gasteiger partial charge in [-0.2, -0.15) is 0 Å². The third-order valence-corrected chi connectivity index (χ3v) is 8.26. The van der Waals surface area contributed by atoms with E-state index >= 15 is 0 Å². The summed E-state index contributed by atoms with van der Waals surface area (Å²) in [6.45, 7) is 11.0. The molecule has 1 N–H and O–H groups in total. The Bertz CT molecular complexity index is 1450. The predicted octanol–water partition coefficient (Wildman–Crippen LogP) is 5.45. The van der Waals surface area contributed by atoms with Crippen molar-refractivity contribution in [3.05, 3.63) is 89.7 Å². The van der Waals surface area contributed by atoms with E-state index in [-0.39, 0.29) is 23.0 Å². The summed E-state index contributed by atoms with van der Waals surface area (Å²) in [5, 5.41) is 2.95. The molecular weight excluding hydrogens is 557 g/mol. The second-order valence-electron chi connectivity index (χ2n) is 11.1. The van der Waals surface area contributed by atoms with Gasteiger partial charge in [0, 0.05) is 12.1 Å². The van der Waals surface area contributed by atoms with Crippen LogP contribution in [0.25, 0.3) is 0 Å². The summed E-state index contributed by atoms with van der Waals surface area (Å²) in [7, 11) is -4.28. The molecule has 0 aliphatic carbocycles. The number of nitrogens with zero attached hydrogens (tertiary/aromatic N) is 2. The number of rotatable bonds is 12. The Morgan fingerprint density at radius 3 is 2.05 bits per heavy atom. The van der Waals surface area contributed by atoms with E-state index in [2.05, 4.69) is 5.32 Å². The number of hydrogen-bond donors (Lipinski definition) is 1. The smallest absolute Gasteiger partial charge is 0.264 e.